The van der Waals surface area contributed by atoms with Gasteiger partial charge in [-0.3, -0.25) is 4.68 Å². The van der Waals surface area contributed by atoms with Gasteiger partial charge in [-0.25, -0.2) is 9.18 Å². The molecule has 1 aliphatic heterocycles. The maximum atomic E-state index is 16.3. The molecule has 0 unspecified atom stereocenters. The summed E-state index contributed by atoms with van der Waals surface area (Å²) in [6.07, 6.45) is 1.99. The molecule has 2 aromatic carbocycles. The first-order chi connectivity index (χ1) is 20.9. The smallest absolute Gasteiger partial charge is 0.355 e. The normalized spacial score (nSPS) is 13.8. The largest absolute Gasteiger partial charge is 0.461 e. The van der Waals surface area contributed by atoms with Crippen molar-refractivity contribution in [1.82, 2.24) is 14.3 Å². The molecule has 2 aromatic heterocycles. The highest BCUT2D eigenvalue weighted by Crippen LogP contribution is 2.42. The summed E-state index contributed by atoms with van der Waals surface area (Å²) in [5.41, 5.74) is 6.86. The molecule has 0 saturated heterocycles. The number of hydrogen-bond donors (Lipinski definition) is 0. The molecule has 9 heteroatoms. The molecule has 5 rings (SSSR count). The molecule has 0 aliphatic carbocycles. The second kappa shape index (κ2) is 12.6. The number of hydrogen-bond acceptors (Lipinski definition) is 5. The lowest BCUT2D eigenvalue weighted by Gasteiger charge is -2.36. The molecule has 4 aromatic rings. The first-order valence-electron chi connectivity index (χ1n) is 15.7. The van der Waals surface area contributed by atoms with E-state index in [0.29, 0.717) is 55.1 Å². The van der Waals surface area contributed by atoms with Crippen LogP contribution in [0.1, 0.15) is 79.6 Å². The van der Waals surface area contributed by atoms with Crippen LogP contribution in [0.3, 0.4) is 0 Å². The molecule has 3 heterocycles. The van der Waals surface area contributed by atoms with Crippen LogP contribution in [0.2, 0.25) is 18.1 Å². The van der Waals surface area contributed by atoms with Gasteiger partial charge in [-0.2, -0.15) is 5.10 Å². The van der Waals surface area contributed by atoms with Gasteiger partial charge in [0.05, 0.1) is 31.0 Å². The van der Waals surface area contributed by atoms with E-state index < -0.39 is 14.3 Å². The van der Waals surface area contributed by atoms with Crippen molar-refractivity contribution in [3.05, 3.63) is 76.0 Å². The van der Waals surface area contributed by atoms with Crippen molar-refractivity contribution in [3.8, 4) is 11.1 Å². The van der Waals surface area contributed by atoms with Crippen LogP contribution in [0, 0.1) is 5.82 Å². The number of halogens is 1. The summed E-state index contributed by atoms with van der Waals surface area (Å²) in [6, 6.07) is 11.4. The van der Waals surface area contributed by atoms with E-state index in [0.717, 1.165) is 39.8 Å². The zero-order chi connectivity index (χ0) is 31.8. The summed E-state index contributed by atoms with van der Waals surface area (Å²) in [7, 11) is -0.0465. The van der Waals surface area contributed by atoms with Crippen LogP contribution in [0.4, 0.5) is 4.39 Å². The standard InChI is InChI=1S/C35H46FN3O4Si/c1-9-29-31-28(37-38(29)6)22-41-21-24-15-12-11-14-23(24)20-39-32-26(17-18-27(36)30(31)32)25(33(39)34(40)42-10-2)16-13-19-43-44(7,8)35(3,4)5/h11-12,14-15,17-18H,9-10,13,16,19-22H2,1-8H3. The average Bonchev–Trinajstić information content (AvgIpc) is 3.43. The number of aryl methyl sites for hydroxylation is 2. The predicted octanol–water partition coefficient (Wildman–Crippen LogP) is 7.95. The van der Waals surface area contributed by atoms with Crippen LogP contribution in [-0.2, 0) is 53.5 Å². The monoisotopic (exact) mass is 619 g/mol. The second-order valence-electron chi connectivity index (χ2n) is 13.2. The van der Waals surface area contributed by atoms with Crippen LogP contribution in [-0.4, -0.2) is 41.8 Å². The number of aromatic nitrogens is 3. The van der Waals surface area contributed by atoms with Crippen molar-refractivity contribution in [2.75, 3.05) is 13.2 Å². The van der Waals surface area contributed by atoms with E-state index in [1.165, 1.54) is 6.07 Å². The highest BCUT2D eigenvalue weighted by atomic mass is 28.4. The van der Waals surface area contributed by atoms with Crippen LogP contribution >= 0.6 is 0 Å². The lowest BCUT2D eigenvalue weighted by atomic mass is 9.96. The first-order valence-corrected chi connectivity index (χ1v) is 18.6. The molecule has 0 atom stereocenters. The summed E-state index contributed by atoms with van der Waals surface area (Å²) in [5.74, 6) is -0.753. The molecule has 0 spiro atoms. The summed E-state index contributed by atoms with van der Waals surface area (Å²) >= 11 is 0. The molecule has 0 N–H and O–H groups in total. The van der Waals surface area contributed by atoms with Crippen LogP contribution in [0.15, 0.2) is 36.4 Å². The molecular weight excluding hydrogens is 573 g/mol. The third-order valence-electron chi connectivity index (χ3n) is 9.35. The fraction of sp³-hybridized carbons (Fsp3) is 0.486. The number of fused-ring (bicyclic) bond motifs is 3. The van der Waals surface area contributed by atoms with Gasteiger partial charge >= 0.3 is 5.97 Å². The van der Waals surface area contributed by atoms with E-state index in [1.54, 1.807) is 0 Å². The fourth-order valence-corrected chi connectivity index (χ4v) is 7.15. The number of ether oxygens (including phenoxy) is 2. The van der Waals surface area contributed by atoms with Crippen LogP contribution in [0.5, 0.6) is 0 Å². The molecule has 0 radical (unpaired) electrons. The third-order valence-corrected chi connectivity index (χ3v) is 13.9. The zero-order valence-electron chi connectivity index (χ0n) is 27.5. The lowest BCUT2D eigenvalue weighted by molar-refractivity contribution is 0.0513. The summed E-state index contributed by atoms with van der Waals surface area (Å²) in [5, 5.41) is 5.75. The number of nitrogens with zero attached hydrogens (tertiary/aromatic N) is 3. The topological polar surface area (TPSA) is 67.5 Å². The maximum absolute atomic E-state index is 16.3. The van der Waals surface area contributed by atoms with Crippen molar-refractivity contribution in [2.45, 2.75) is 91.8 Å². The van der Waals surface area contributed by atoms with E-state index in [2.05, 4.69) is 33.9 Å². The first kappa shape index (κ1) is 32.1. The lowest BCUT2D eigenvalue weighted by Crippen LogP contribution is -2.41. The fourth-order valence-electron chi connectivity index (χ4n) is 6.06. The van der Waals surface area contributed by atoms with E-state index >= 15 is 4.39 Å². The summed E-state index contributed by atoms with van der Waals surface area (Å²) in [6.45, 7) is 16.9. The van der Waals surface area contributed by atoms with Gasteiger partial charge in [-0.15, -0.1) is 0 Å². The van der Waals surface area contributed by atoms with Crippen molar-refractivity contribution in [1.29, 1.82) is 0 Å². The Morgan fingerprint density at radius 2 is 1.80 bits per heavy atom. The highest BCUT2D eigenvalue weighted by Gasteiger charge is 2.37. The van der Waals surface area contributed by atoms with Gasteiger partial charge in [0, 0.05) is 42.4 Å². The number of rotatable bonds is 8. The Labute approximate surface area is 261 Å². The number of carbonyl (C=O) groups excluding carboxylic acids is 1. The van der Waals surface area contributed by atoms with Gasteiger partial charge in [0.2, 0.25) is 0 Å². The van der Waals surface area contributed by atoms with Crippen LogP contribution in [0.25, 0.3) is 22.0 Å². The second-order valence-corrected chi connectivity index (χ2v) is 18.0. The summed E-state index contributed by atoms with van der Waals surface area (Å²) < 4.78 is 38.5. The van der Waals surface area contributed by atoms with E-state index in [-0.39, 0.29) is 24.1 Å². The van der Waals surface area contributed by atoms with Gasteiger partial charge in [0.1, 0.15) is 11.5 Å². The minimum absolute atomic E-state index is 0.103. The average molecular weight is 620 g/mol. The van der Waals surface area contributed by atoms with Crippen molar-refractivity contribution >= 4 is 25.2 Å². The zero-order valence-corrected chi connectivity index (χ0v) is 28.5. The van der Waals surface area contributed by atoms with E-state index in [1.807, 2.05) is 60.5 Å². The van der Waals surface area contributed by atoms with Gasteiger partial charge in [0.15, 0.2) is 8.32 Å². The Bertz CT molecular complexity index is 1680. The summed E-state index contributed by atoms with van der Waals surface area (Å²) in [4.78, 5) is 13.9. The number of carbonyl (C=O) groups is 1. The SMILES string of the molecule is CCOC(=O)c1c(CCCO[Si](C)(C)C(C)(C)C)c2ccc(F)c3c2n1Cc1ccccc1COCc1nn(C)c(CC)c1-3. The van der Waals surface area contributed by atoms with E-state index in [4.69, 9.17) is 19.0 Å². The van der Waals surface area contributed by atoms with Gasteiger partial charge in [-0.05, 0) is 73.1 Å². The van der Waals surface area contributed by atoms with Gasteiger partial charge in [0.25, 0.3) is 0 Å². The Balaban J connectivity index is 1.77. The van der Waals surface area contributed by atoms with Crippen molar-refractivity contribution in [3.63, 3.8) is 0 Å². The minimum Gasteiger partial charge on any atom is -0.461 e. The maximum Gasteiger partial charge on any atom is 0.355 e. The number of esters is 1. The molecule has 1 aliphatic rings. The molecular formula is C35H46FN3O4Si. The van der Waals surface area contributed by atoms with Crippen molar-refractivity contribution < 1.29 is 23.1 Å². The Kier molecular flexibility index (Phi) is 9.21. The molecule has 7 nitrogen and oxygen atoms in total. The molecule has 0 bridgehead atoms. The highest BCUT2D eigenvalue weighted by molar-refractivity contribution is 6.74. The molecule has 0 saturated carbocycles. The van der Waals surface area contributed by atoms with Crippen LogP contribution < -0.4 is 0 Å². The minimum atomic E-state index is -1.94. The van der Waals surface area contributed by atoms with E-state index in [9.17, 15) is 4.79 Å². The molecule has 0 fully saturated rings. The van der Waals surface area contributed by atoms with Gasteiger partial charge in [-0.1, -0.05) is 52.0 Å². The Morgan fingerprint density at radius 3 is 2.48 bits per heavy atom. The van der Waals surface area contributed by atoms with Crippen molar-refractivity contribution in [2.24, 2.45) is 7.05 Å². The molecule has 236 valence electrons. The predicted molar refractivity (Wildman–Crippen MR) is 175 cm³/mol. The molecule has 0 amide bonds. The molecule has 44 heavy (non-hydrogen) atoms. The Hall–Kier alpha value is -3.27. The Morgan fingerprint density at radius 1 is 1.07 bits per heavy atom. The van der Waals surface area contributed by atoms with Gasteiger partial charge < -0.3 is 18.5 Å². The quantitative estimate of drug-likeness (QED) is 0.114. The third kappa shape index (κ3) is 5.89. The number of benzene rings is 2.